The molecule has 29 heavy (non-hydrogen) atoms. The molecule has 0 spiro atoms. The Labute approximate surface area is 177 Å². The number of hydrogen-bond acceptors (Lipinski definition) is 4. The Morgan fingerprint density at radius 3 is 2.38 bits per heavy atom. The third-order valence-corrected chi connectivity index (χ3v) is 8.85. The third kappa shape index (κ3) is 5.51. The van der Waals surface area contributed by atoms with Crippen LogP contribution in [0.15, 0.2) is 35.3 Å². The Balaban J connectivity index is 2.08. The first-order valence-electron chi connectivity index (χ1n) is 10.6. The number of rotatable bonds is 7. The van der Waals surface area contributed by atoms with E-state index < -0.39 is 14.6 Å². The molecule has 2 N–H and O–H groups in total. The van der Waals surface area contributed by atoms with Gasteiger partial charge in [-0.25, -0.2) is 8.42 Å². The van der Waals surface area contributed by atoms with Crippen molar-refractivity contribution in [2.75, 3.05) is 32.4 Å². The summed E-state index contributed by atoms with van der Waals surface area (Å²) in [4.78, 5) is 6.51. The second kappa shape index (κ2) is 9.47. The van der Waals surface area contributed by atoms with Gasteiger partial charge in [-0.3, -0.25) is 4.99 Å². The summed E-state index contributed by atoms with van der Waals surface area (Å²) in [5.74, 6) is 0.935. The highest BCUT2D eigenvalue weighted by Gasteiger charge is 2.41. The highest BCUT2D eigenvalue weighted by molar-refractivity contribution is 7.92. The highest BCUT2D eigenvalue weighted by atomic mass is 32.2. The number of benzene rings is 1. The fourth-order valence-electron chi connectivity index (χ4n) is 3.94. The number of sulfone groups is 1. The van der Waals surface area contributed by atoms with Crippen LogP contribution in [0.2, 0.25) is 0 Å². The number of guanidine groups is 1. The Kier molecular flexibility index (Phi) is 7.74. The molecule has 164 valence electrons. The van der Waals surface area contributed by atoms with Crippen molar-refractivity contribution in [3.8, 4) is 0 Å². The molecule has 1 heterocycles. The Morgan fingerprint density at radius 1 is 1.24 bits per heavy atom. The van der Waals surface area contributed by atoms with E-state index in [4.69, 9.17) is 0 Å². The normalized spacial score (nSPS) is 20.3. The van der Waals surface area contributed by atoms with Crippen LogP contribution in [0.4, 0.5) is 0 Å². The van der Waals surface area contributed by atoms with Gasteiger partial charge in [0.05, 0.1) is 10.5 Å². The van der Waals surface area contributed by atoms with Crippen LogP contribution in [0.25, 0.3) is 0 Å². The van der Waals surface area contributed by atoms with Crippen molar-refractivity contribution in [3.05, 3.63) is 35.9 Å². The quantitative estimate of drug-likeness (QED) is 0.522. The van der Waals surface area contributed by atoms with E-state index in [9.17, 15) is 8.42 Å². The lowest BCUT2D eigenvalue weighted by Crippen LogP contribution is -2.60. The Bertz CT molecular complexity index is 786. The zero-order chi connectivity index (χ0) is 21.7. The lowest BCUT2D eigenvalue weighted by atomic mass is 9.90. The standard InChI is InChI=1S/C22H38N4O2S/c1-7-22(8-2,25-18(3)19-12-10-9-11-13-19)16-24-20(23-6)26-14-15-29(27,28)21(4,5)17-26/h9-13,18,25H,7-8,14-17H2,1-6H3,(H,23,24). The molecule has 7 heteroatoms. The highest BCUT2D eigenvalue weighted by Crippen LogP contribution is 2.25. The van der Waals surface area contributed by atoms with Crippen LogP contribution >= 0.6 is 0 Å². The van der Waals surface area contributed by atoms with Gasteiger partial charge in [0.1, 0.15) is 0 Å². The van der Waals surface area contributed by atoms with Gasteiger partial charge in [0.2, 0.25) is 0 Å². The molecule has 0 bridgehead atoms. The van der Waals surface area contributed by atoms with E-state index in [-0.39, 0.29) is 17.3 Å². The topological polar surface area (TPSA) is 73.8 Å². The minimum atomic E-state index is -3.07. The summed E-state index contributed by atoms with van der Waals surface area (Å²) in [5.41, 5.74) is 1.19. The zero-order valence-electron chi connectivity index (χ0n) is 18.8. The monoisotopic (exact) mass is 422 g/mol. The van der Waals surface area contributed by atoms with Crippen LogP contribution in [0, 0.1) is 0 Å². The number of hydrogen-bond donors (Lipinski definition) is 2. The van der Waals surface area contributed by atoms with E-state index in [1.54, 1.807) is 20.9 Å². The fraction of sp³-hybridized carbons (Fsp3) is 0.682. The average molecular weight is 423 g/mol. The number of nitrogens with zero attached hydrogens (tertiary/aromatic N) is 2. The SMILES string of the molecule is CCC(CC)(CNC(=NC)N1CCS(=O)(=O)C(C)(C)C1)NC(C)c1ccccc1. The molecule has 0 aromatic heterocycles. The molecule has 1 unspecified atom stereocenters. The minimum Gasteiger partial charge on any atom is -0.354 e. The van der Waals surface area contributed by atoms with Gasteiger partial charge in [-0.2, -0.15) is 0 Å². The van der Waals surface area contributed by atoms with Gasteiger partial charge in [0, 0.05) is 38.3 Å². The number of nitrogens with one attached hydrogen (secondary N) is 2. The van der Waals surface area contributed by atoms with E-state index in [2.05, 4.69) is 65.6 Å². The second-order valence-electron chi connectivity index (χ2n) is 8.67. The Morgan fingerprint density at radius 2 is 1.86 bits per heavy atom. The third-order valence-electron chi connectivity index (χ3n) is 6.32. The summed E-state index contributed by atoms with van der Waals surface area (Å²) < 4.78 is 23.9. The van der Waals surface area contributed by atoms with Gasteiger partial charge >= 0.3 is 0 Å². The maximum absolute atomic E-state index is 12.3. The lowest BCUT2D eigenvalue weighted by Gasteiger charge is -2.41. The van der Waals surface area contributed by atoms with Crippen molar-refractivity contribution >= 4 is 15.8 Å². The molecule has 6 nitrogen and oxygen atoms in total. The summed E-state index contributed by atoms with van der Waals surface area (Å²) in [6, 6.07) is 10.7. The van der Waals surface area contributed by atoms with Crippen molar-refractivity contribution in [2.45, 2.75) is 63.8 Å². The zero-order valence-corrected chi connectivity index (χ0v) is 19.6. The van der Waals surface area contributed by atoms with Crippen LogP contribution in [0.1, 0.15) is 59.1 Å². The average Bonchev–Trinajstić information content (AvgIpc) is 2.70. The van der Waals surface area contributed by atoms with Crippen LogP contribution < -0.4 is 10.6 Å². The van der Waals surface area contributed by atoms with E-state index >= 15 is 0 Å². The van der Waals surface area contributed by atoms with E-state index in [1.807, 2.05) is 6.07 Å². The maximum atomic E-state index is 12.3. The first kappa shape index (κ1) is 23.7. The van der Waals surface area contributed by atoms with E-state index in [0.29, 0.717) is 13.1 Å². The molecule has 0 aliphatic carbocycles. The van der Waals surface area contributed by atoms with Crippen molar-refractivity contribution in [2.24, 2.45) is 4.99 Å². The first-order chi connectivity index (χ1) is 13.6. The molecular weight excluding hydrogens is 384 g/mol. The molecule has 1 saturated heterocycles. The second-order valence-corrected chi connectivity index (χ2v) is 11.4. The molecule has 1 fully saturated rings. The van der Waals surface area contributed by atoms with Crippen molar-refractivity contribution in [1.82, 2.24) is 15.5 Å². The summed E-state index contributed by atoms with van der Waals surface area (Å²) >= 11 is 0. The minimum absolute atomic E-state index is 0.0808. The molecule has 1 aromatic rings. The van der Waals surface area contributed by atoms with Crippen LogP contribution in [0.5, 0.6) is 0 Å². The number of aliphatic imine (C=N–C) groups is 1. The molecule has 1 aliphatic rings. The smallest absolute Gasteiger partial charge is 0.193 e. The van der Waals surface area contributed by atoms with Crippen LogP contribution in [0.3, 0.4) is 0 Å². The molecule has 0 amide bonds. The van der Waals surface area contributed by atoms with Crippen molar-refractivity contribution in [1.29, 1.82) is 0 Å². The lowest BCUT2D eigenvalue weighted by molar-refractivity contribution is 0.265. The molecule has 1 aliphatic heterocycles. The maximum Gasteiger partial charge on any atom is 0.193 e. The predicted octanol–water partition coefficient (Wildman–Crippen LogP) is 2.98. The predicted molar refractivity (Wildman–Crippen MR) is 122 cm³/mol. The molecular formula is C22H38N4O2S. The molecule has 0 radical (unpaired) electrons. The van der Waals surface area contributed by atoms with Gasteiger partial charge in [-0.1, -0.05) is 44.2 Å². The van der Waals surface area contributed by atoms with Gasteiger partial charge in [0.25, 0.3) is 0 Å². The van der Waals surface area contributed by atoms with Crippen molar-refractivity contribution < 1.29 is 8.42 Å². The van der Waals surface area contributed by atoms with Crippen LogP contribution in [-0.2, 0) is 9.84 Å². The largest absolute Gasteiger partial charge is 0.354 e. The van der Waals surface area contributed by atoms with E-state index in [1.165, 1.54) is 5.56 Å². The van der Waals surface area contributed by atoms with Gasteiger partial charge in [0.15, 0.2) is 15.8 Å². The van der Waals surface area contributed by atoms with Crippen LogP contribution in [-0.4, -0.2) is 62.0 Å². The molecule has 0 saturated carbocycles. The Hall–Kier alpha value is -1.60. The van der Waals surface area contributed by atoms with Gasteiger partial charge in [-0.15, -0.1) is 0 Å². The van der Waals surface area contributed by atoms with Gasteiger partial charge in [-0.05, 0) is 39.2 Å². The van der Waals surface area contributed by atoms with Crippen molar-refractivity contribution in [3.63, 3.8) is 0 Å². The fourth-order valence-corrected chi connectivity index (χ4v) is 5.31. The molecule has 1 atom stereocenters. The summed E-state index contributed by atoms with van der Waals surface area (Å²) in [7, 11) is -1.31. The van der Waals surface area contributed by atoms with E-state index in [0.717, 1.165) is 25.3 Å². The summed E-state index contributed by atoms with van der Waals surface area (Å²) in [6.07, 6.45) is 1.95. The first-order valence-corrected chi connectivity index (χ1v) is 12.3. The van der Waals surface area contributed by atoms with Gasteiger partial charge < -0.3 is 15.5 Å². The summed E-state index contributed by atoms with van der Waals surface area (Å²) in [5, 5.41) is 7.35. The molecule has 1 aromatic carbocycles. The summed E-state index contributed by atoms with van der Waals surface area (Å²) in [6.45, 7) is 11.9. The molecule has 2 rings (SSSR count).